The minimum atomic E-state index is -0.461. The number of amides is 2. The van der Waals surface area contributed by atoms with E-state index in [4.69, 9.17) is 4.52 Å². The first-order chi connectivity index (χ1) is 12.2. The number of anilines is 1. The number of hydrogen-bond acceptors (Lipinski definition) is 4. The van der Waals surface area contributed by atoms with E-state index in [2.05, 4.69) is 15.5 Å². The molecule has 7 heteroatoms. The van der Waals surface area contributed by atoms with Crippen LogP contribution in [0.1, 0.15) is 11.8 Å². The van der Waals surface area contributed by atoms with Crippen molar-refractivity contribution in [2.45, 2.75) is 5.92 Å². The van der Waals surface area contributed by atoms with Crippen LogP contribution in [0, 0.1) is 5.82 Å². The lowest BCUT2D eigenvalue weighted by atomic mass is 10.0. The van der Waals surface area contributed by atoms with E-state index >= 15 is 0 Å². The van der Waals surface area contributed by atoms with Crippen LogP contribution in [0.5, 0.6) is 0 Å². The van der Waals surface area contributed by atoms with Gasteiger partial charge in [-0.1, -0.05) is 47.6 Å². The molecule has 4 rings (SSSR count). The first-order valence-electron chi connectivity index (χ1n) is 7.90. The molecule has 1 N–H and O–H groups in total. The highest BCUT2D eigenvalue weighted by Crippen LogP contribution is 2.28. The minimum Gasteiger partial charge on any atom is -0.339 e. The second kappa shape index (κ2) is 6.35. The van der Waals surface area contributed by atoms with Gasteiger partial charge in [-0.2, -0.15) is 4.98 Å². The molecule has 0 bridgehead atoms. The lowest BCUT2D eigenvalue weighted by Gasteiger charge is -2.36. The topological polar surface area (TPSA) is 71.3 Å². The van der Waals surface area contributed by atoms with E-state index < -0.39 is 5.82 Å². The van der Waals surface area contributed by atoms with Crippen LogP contribution >= 0.6 is 0 Å². The van der Waals surface area contributed by atoms with Gasteiger partial charge in [0.15, 0.2) is 0 Å². The molecular formula is C18H15FN4O2. The van der Waals surface area contributed by atoms with Crippen LogP contribution in [-0.2, 0) is 0 Å². The van der Waals surface area contributed by atoms with Gasteiger partial charge in [-0.25, -0.2) is 9.18 Å². The Kier molecular flexibility index (Phi) is 3.89. The maximum absolute atomic E-state index is 13.6. The standard InChI is InChI=1S/C18H15FN4O2/c19-14-8-4-5-9-15(14)20-18(24)23-10-13(11-23)17-21-16(22-25-17)12-6-2-1-3-7-12/h1-9,13H,10-11H2,(H,20,24). The molecule has 1 saturated heterocycles. The molecule has 6 nitrogen and oxygen atoms in total. The molecule has 0 atom stereocenters. The average Bonchev–Trinajstić information content (AvgIpc) is 3.06. The number of nitrogens with zero attached hydrogens (tertiary/aromatic N) is 3. The number of carbonyl (C=O) groups is 1. The van der Waals surface area contributed by atoms with Crippen LogP contribution in [0.15, 0.2) is 59.1 Å². The van der Waals surface area contributed by atoms with Gasteiger partial charge in [-0.05, 0) is 12.1 Å². The zero-order valence-electron chi connectivity index (χ0n) is 13.2. The first kappa shape index (κ1) is 15.3. The molecule has 25 heavy (non-hydrogen) atoms. The largest absolute Gasteiger partial charge is 0.339 e. The Hall–Kier alpha value is -3.22. The predicted octanol–water partition coefficient (Wildman–Crippen LogP) is 3.51. The molecule has 0 radical (unpaired) electrons. The van der Waals surface area contributed by atoms with Crippen molar-refractivity contribution < 1.29 is 13.7 Å². The summed E-state index contributed by atoms with van der Waals surface area (Å²) in [4.78, 5) is 18.1. The first-order valence-corrected chi connectivity index (χ1v) is 7.90. The fourth-order valence-corrected chi connectivity index (χ4v) is 2.66. The molecule has 1 aliphatic heterocycles. The third kappa shape index (κ3) is 3.08. The van der Waals surface area contributed by atoms with Gasteiger partial charge in [0.2, 0.25) is 11.7 Å². The fourth-order valence-electron chi connectivity index (χ4n) is 2.66. The molecule has 1 aromatic heterocycles. The van der Waals surface area contributed by atoms with E-state index in [0.717, 1.165) is 5.56 Å². The number of aromatic nitrogens is 2. The monoisotopic (exact) mass is 338 g/mol. The third-order valence-electron chi connectivity index (χ3n) is 4.11. The van der Waals surface area contributed by atoms with Gasteiger partial charge >= 0.3 is 6.03 Å². The summed E-state index contributed by atoms with van der Waals surface area (Å²) in [6, 6.07) is 15.3. The van der Waals surface area contributed by atoms with E-state index in [0.29, 0.717) is 24.8 Å². The van der Waals surface area contributed by atoms with Gasteiger partial charge in [0, 0.05) is 18.7 Å². The van der Waals surface area contributed by atoms with Crippen molar-refractivity contribution in [2.24, 2.45) is 0 Å². The number of likely N-dealkylation sites (tertiary alicyclic amines) is 1. The molecule has 2 aromatic carbocycles. The zero-order chi connectivity index (χ0) is 17.2. The maximum atomic E-state index is 13.6. The number of nitrogens with one attached hydrogen (secondary N) is 1. The van der Waals surface area contributed by atoms with E-state index in [-0.39, 0.29) is 17.6 Å². The van der Waals surface area contributed by atoms with Gasteiger partial charge in [0.1, 0.15) is 5.82 Å². The number of rotatable bonds is 3. The predicted molar refractivity (Wildman–Crippen MR) is 89.5 cm³/mol. The number of halogens is 1. The number of benzene rings is 2. The van der Waals surface area contributed by atoms with E-state index in [1.54, 1.807) is 17.0 Å². The van der Waals surface area contributed by atoms with Gasteiger partial charge in [-0.3, -0.25) is 0 Å². The molecule has 3 aromatic rings. The van der Waals surface area contributed by atoms with Crippen LogP contribution in [0.25, 0.3) is 11.4 Å². The van der Waals surface area contributed by atoms with Crippen molar-refractivity contribution in [1.82, 2.24) is 15.0 Å². The van der Waals surface area contributed by atoms with E-state index in [1.807, 2.05) is 30.3 Å². The molecule has 0 unspecified atom stereocenters. The Morgan fingerprint density at radius 3 is 2.60 bits per heavy atom. The highest BCUT2D eigenvalue weighted by Gasteiger charge is 2.36. The summed E-state index contributed by atoms with van der Waals surface area (Å²) in [5.74, 6) is 0.576. The highest BCUT2D eigenvalue weighted by molar-refractivity contribution is 5.90. The van der Waals surface area contributed by atoms with Crippen LogP contribution in [0.2, 0.25) is 0 Å². The van der Waals surface area contributed by atoms with Crippen molar-refractivity contribution in [1.29, 1.82) is 0 Å². The van der Waals surface area contributed by atoms with E-state index in [1.165, 1.54) is 12.1 Å². The Bertz CT molecular complexity index is 891. The summed E-state index contributed by atoms with van der Waals surface area (Å²) in [7, 11) is 0. The fraction of sp³-hybridized carbons (Fsp3) is 0.167. The van der Waals surface area contributed by atoms with Gasteiger partial charge in [-0.15, -0.1) is 0 Å². The van der Waals surface area contributed by atoms with Crippen LogP contribution < -0.4 is 5.32 Å². The SMILES string of the molecule is O=C(Nc1ccccc1F)N1CC(c2nc(-c3ccccc3)no2)C1. The molecule has 2 amide bonds. The van der Waals surface area contributed by atoms with Crippen molar-refractivity contribution >= 4 is 11.7 Å². The van der Waals surface area contributed by atoms with Gasteiger partial charge < -0.3 is 14.7 Å². The lowest BCUT2D eigenvalue weighted by molar-refractivity contribution is 0.147. The van der Waals surface area contributed by atoms with Crippen LogP contribution in [0.4, 0.5) is 14.9 Å². The second-order valence-electron chi connectivity index (χ2n) is 5.83. The van der Waals surface area contributed by atoms with Gasteiger partial charge in [0.05, 0.1) is 11.6 Å². The second-order valence-corrected chi connectivity index (χ2v) is 5.83. The molecule has 0 aliphatic carbocycles. The summed E-state index contributed by atoms with van der Waals surface area (Å²) in [5, 5.41) is 6.54. The minimum absolute atomic E-state index is 0.00340. The average molecular weight is 338 g/mol. The van der Waals surface area contributed by atoms with Crippen molar-refractivity contribution in [3.8, 4) is 11.4 Å². The van der Waals surface area contributed by atoms with E-state index in [9.17, 15) is 9.18 Å². The van der Waals surface area contributed by atoms with Crippen molar-refractivity contribution in [3.05, 3.63) is 66.3 Å². The lowest BCUT2D eigenvalue weighted by Crippen LogP contribution is -2.50. The summed E-state index contributed by atoms with van der Waals surface area (Å²) >= 11 is 0. The molecule has 2 heterocycles. The van der Waals surface area contributed by atoms with Crippen LogP contribution in [-0.4, -0.2) is 34.2 Å². The Morgan fingerprint density at radius 1 is 1.12 bits per heavy atom. The third-order valence-corrected chi connectivity index (χ3v) is 4.11. The quantitative estimate of drug-likeness (QED) is 0.793. The Labute approximate surface area is 143 Å². The highest BCUT2D eigenvalue weighted by atomic mass is 19.1. The van der Waals surface area contributed by atoms with Crippen molar-refractivity contribution in [3.63, 3.8) is 0 Å². The molecule has 0 saturated carbocycles. The number of urea groups is 1. The summed E-state index contributed by atoms with van der Waals surface area (Å²) < 4.78 is 18.9. The molecule has 0 spiro atoms. The van der Waals surface area contributed by atoms with Gasteiger partial charge in [0.25, 0.3) is 0 Å². The number of carbonyl (C=O) groups excluding carboxylic acids is 1. The molecule has 126 valence electrons. The smallest absolute Gasteiger partial charge is 0.321 e. The summed E-state index contributed by atoms with van der Waals surface area (Å²) in [6.45, 7) is 0.910. The Morgan fingerprint density at radius 2 is 1.84 bits per heavy atom. The molecule has 1 aliphatic rings. The molecule has 1 fully saturated rings. The Balaban J connectivity index is 1.37. The zero-order valence-corrected chi connectivity index (χ0v) is 13.2. The maximum Gasteiger partial charge on any atom is 0.321 e. The normalized spacial score (nSPS) is 14.2. The number of hydrogen-bond donors (Lipinski definition) is 1. The van der Waals surface area contributed by atoms with Crippen LogP contribution in [0.3, 0.4) is 0 Å². The number of para-hydroxylation sites is 1. The summed E-state index contributed by atoms with van der Waals surface area (Å²) in [5.41, 5.74) is 1.05. The summed E-state index contributed by atoms with van der Waals surface area (Å²) in [6.07, 6.45) is 0. The molecular weight excluding hydrogens is 323 g/mol. The van der Waals surface area contributed by atoms with Crippen molar-refractivity contribution in [2.75, 3.05) is 18.4 Å².